The summed E-state index contributed by atoms with van der Waals surface area (Å²) in [7, 11) is 5.77. The predicted molar refractivity (Wildman–Crippen MR) is 111 cm³/mol. The zero-order chi connectivity index (χ0) is 19.1. The molecule has 144 valence electrons. The summed E-state index contributed by atoms with van der Waals surface area (Å²) in [6.45, 7) is 4.87. The Morgan fingerprint density at radius 1 is 1.12 bits per heavy atom. The van der Waals surface area contributed by atoms with Crippen molar-refractivity contribution in [2.75, 3.05) is 32.6 Å². The molecule has 0 saturated carbocycles. The Balaban J connectivity index is 2.31. The van der Waals surface area contributed by atoms with Gasteiger partial charge in [0.2, 0.25) is 5.91 Å². The molecule has 1 aliphatic carbocycles. The molecule has 0 unspecified atom stereocenters. The number of hydrogen-bond donors (Lipinski definition) is 0. The second kappa shape index (κ2) is 9.75. The van der Waals surface area contributed by atoms with Gasteiger partial charge in [-0.15, -0.1) is 0 Å². The van der Waals surface area contributed by atoms with Crippen LogP contribution in [0.25, 0.3) is 0 Å². The monoisotopic (exact) mass is 357 g/mol. The third kappa shape index (κ3) is 5.09. The number of amides is 1. The first-order chi connectivity index (χ1) is 12.5. The summed E-state index contributed by atoms with van der Waals surface area (Å²) in [6, 6.07) is 6.58. The van der Waals surface area contributed by atoms with Gasteiger partial charge in [-0.2, -0.15) is 0 Å². The van der Waals surface area contributed by atoms with Crippen LogP contribution in [0.5, 0.6) is 0 Å². The molecule has 4 nitrogen and oxygen atoms in total. The Morgan fingerprint density at radius 3 is 2.35 bits per heavy atom. The van der Waals surface area contributed by atoms with Crippen molar-refractivity contribution in [1.82, 2.24) is 4.90 Å². The molecule has 0 bridgehead atoms. The molecule has 0 spiro atoms. The topological polar surface area (TPSA) is 35.9 Å². The van der Waals surface area contributed by atoms with E-state index in [-0.39, 0.29) is 5.91 Å². The minimum Gasteiger partial charge on any atom is -0.365 e. The van der Waals surface area contributed by atoms with E-state index >= 15 is 0 Å². The fraction of sp³-hybridized carbons (Fsp3) is 0.636. The molecule has 0 heterocycles. The van der Waals surface area contributed by atoms with Gasteiger partial charge < -0.3 is 9.80 Å². The first-order valence-electron chi connectivity index (χ1n) is 10.0. The Hall–Kier alpha value is -1.84. The molecule has 2 rings (SSSR count). The van der Waals surface area contributed by atoms with Gasteiger partial charge in [0.15, 0.2) is 0 Å². The Labute approximate surface area is 159 Å². The first-order valence-corrected chi connectivity index (χ1v) is 10.0. The fourth-order valence-corrected chi connectivity index (χ4v) is 3.70. The summed E-state index contributed by atoms with van der Waals surface area (Å²) >= 11 is 0. The van der Waals surface area contributed by atoms with Crippen molar-refractivity contribution < 1.29 is 4.79 Å². The largest absolute Gasteiger partial charge is 0.365 e. The average Bonchev–Trinajstić information content (AvgIpc) is 2.66. The third-order valence-corrected chi connectivity index (χ3v) is 5.64. The number of likely N-dealkylation sites (N-methyl/N-ethyl adjacent to an activating group) is 1. The summed E-state index contributed by atoms with van der Waals surface area (Å²) in [6.07, 6.45) is 7.51. The maximum Gasteiger partial charge on any atom is 0.227 e. The van der Waals surface area contributed by atoms with Crippen molar-refractivity contribution in [3.63, 3.8) is 0 Å². The quantitative estimate of drug-likeness (QED) is 0.538. The van der Waals surface area contributed by atoms with Crippen LogP contribution in [0.2, 0.25) is 0 Å². The molecule has 1 aliphatic rings. The number of amidine groups is 1. The second-order valence-corrected chi connectivity index (χ2v) is 7.56. The van der Waals surface area contributed by atoms with Crippen LogP contribution in [-0.2, 0) is 17.6 Å². The number of aryl methyl sites for hydroxylation is 2. The van der Waals surface area contributed by atoms with Crippen molar-refractivity contribution in [2.24, 2.45) is 10.9 Å². The molecule has 26 heavy (non-hydrogen) atoms. The molecule has 0 aliphatic heterocycles. The van der Waals surface area contributed by atoms with Gasteiger partial charge in [-0.1, -0.05) is 32.8 Å². The molecule has 0 radical (unpaired) electrons. The van der Waals surface area contributed by atoms with E-state index < -0.39 is 0 Å². The number of hydrogen-bond acceptors (Lipinski definition) is 2. The number of anilines is 1. The zero-order valence-corrected chi connectivity index (χ0v) is 17.2. The molecule has 1 amide bonds. The highest BCUT2D eigenvalue weighted by molar-refractivity contribution is 6.00. The van der Waals surface area contributed by atoms with E-state index in [2.05, 4.69) is 37.0 Å². The molecule has 0 atom stereocenters. The second-order valence-electron chi connectivity index (χ2n) is 7.56. The van der Waals surface area contributed by atoms with Crippen molar-refractivity contribution in [3.05, 3.63) is 29.3 Å². The van der Waals surface area contributed by atoms with Crippen LogP contribution in [0.3, 0.4) is 0 Å². The molecule has 0 aromatic heterocycles. The maximum absolute atomic E-state index is 13.2. The molecular weight excluding hydrogens is 322 g/mol. The van der Waals surface area contributed by atoms with E-state index in [1.165, 1.54) is 24.0 Å². The normalized spacial score (nSPS) is 14.3. The van der Waals surface area contributed by atoms with Gasteiger partial charge >= 0.3 is 0 Å². The van der Waals surface area contributed by atoms with Crippen LogP contribution >= 0.6 is 0 Å². The molecule has 1 aromatic rings. The average molecular weight is 358 g/mol. The standard InChI is InChI=1S/C22H35N3O/c1-6-17(7-2)14-22(26)25(16-21(23-3)24(4)5)20-13-12-18-10-8-9-11-19(18)15-20/h12-13,15,17H,6-11,14,16H2,1-5H3. The van der Waals surface area contributed by atoms with Gasteiger partial charge in [0.05, 0.1) is 6.54 Å². The lowest BCUT2D eigenvalue weighted by Gasteiger charge is -2.29. The number of benzene rings is 1. The van der Waals surface area contributed by atoms with E-state index in [1.54, 1.807) is 7.05 Å². The number of carbonyl (C=O) groups is 1. The van der Waals surface area contributed by atoms with E-state index in [0.29, 0.717) is 18.9 Å². The molecular formula is C22H35N3O. The molecule has 1 aromatic carbocycles. The summed E-state index contributed by atoms with van der Waals surface area (Å²) in [4.78, 5) is 21.5. The number of nitrogens with zero attached hydrogens (tertiary/aromatic N) is 3. The summed E-state index contributed by atoms with van der Waals surface area (Å²) in [5, 5.41) is 0. The highest BCUT2D eigenvalue weighted by Crippen LogP contribution is 2.27. The number of rotatable bonds is 7. The minimum absolute atomic E-state index is 0.206. The predicted octanol–water partition coefficient (Wildman–Crippen LogP) is 4.31. The van der Waals surface area contributed by atoms with Gasteiger partial charge in [-0.3, -0.25) is 9.79 Å². The van der Waals surface area contributed by atoms with Gasteiger partial charge in [-0.25, -0.2) is 0 Å². The highest BCUT2D eigenvalue weighted by Gasteiger charge is 2.22. The highest BCUT2D eigenvalue weighted by atomic mass is 16.2. The van der Waals surface area contributed by atoms with Crippen LogP contribution in [0.4, 0.5) is 5.69 Å². The van der Waals surface area contributed by atoms with E-state index in [9.17, 15) is 4.79 Å². The lowest BCUT2D eigenvalue weighted by molar-refractivity contribution is -0.119. The molecule has 0 N–H and O–H groups in total. The first kappa shape index (κ1) is 20.5. The molecule has 0 saturated heterocycles. The van der Waals surface area contributed by atoms with Crippen molar-refractivity contribution in [2.45, 2.75) is 58.8 Å². The Bertz CT molecular complexity index is 632. The lowest BCUT2D eigenvalue weighted by Crippen LogP contribution is -2.41. The van der Waals surface area contributed by atoms with E-state index in [4.69, 9.17) is 0 Å². The van der Waals surface area contributed by atoms with Crippen molar-refractivity contribution >= 4 is 17.4 Å². The van der Waals surface area contributed by atoms with Gasteiger partial charge in [0.1, 0.15) is 5.84 Å². The van der Waals surface area contributed by atoms with E-state index in [0.717, 1.165) is 37.2 Å². The summed E-state index contributed by atoms with van der Waals surface area (Å²) in [5.41, 5.74) is 3.88. The smallest absolute Gasteiger partial charge is 0.227 e. The third-order valence-electron chi connectivity index (χ3n) is 5.64. The van der Waals surface area contributed by atoms with E-state index in [1.807, 2.05) is 23.9 Å². The van der Waals surface area contributed by atoms with Crippen molar-refractivity contribution in [3.8, 4) is 0 Å². The summed E-state index contributed by atoms with van der Waals surface area (Å²) in [5.74, 6) is 1.57. The lowest BCUT2D eigenvalue weighted by atomic mass is 9.91. The van der Waals surface area contributed by atoms with Crippen LogP contribution in [-0.4, -0.2) is 44.3 Å². The maximum atomic E-state index is 13.2. The van der Waals surface area contributed by atoms with Crippen LogP contribution in [0.1, 0.15) is 57.1 Å². The molecule has 0 fully saturated rings. The Kier molecular flexibility index (Phi) is 7.67. The van der Waals surface area contributed by atoms with Crippen LogP contribution in [0.15, 0.2) is 23.2 Å². The number of fused-ring (bicyclic) bond motifs is 1. The SMILES string of the molecule is CCC(CC)CC(=O)N(CC(=NC)N(C)C)c1ccc2c(c1)CCCC2. The summed E-state index contributed by atoms with van der Waals surface area (Å²) < 4.78 is 0. The zero-order valence-electron chi connectivity index (χ0n) is 17.2. The van der Waals surface area contributed by atoms with Gasteiger partial charge in [0, 0.05) is 33.3 Å². The fourth-order valence-electron chi connectivity index (χ4n) is 3.70. The van der Waals surface area contributed by atoms with Gasteiger partial charge in [-0.05, 0) is 54.9 Å². The molecule has 4 heteroatoms. The van der Waals surface area contributed by atoms with Crippen LogP contribution in [0, 0.1) is 5.92 Å². The number of carbonyl (C=O) groups excluding carboxylic acids is 1. The van der Waals surface area contributed by atoms with Crippen LogP contribution < -0.4 is 4.90 Å². The van der Waals surface area contributed by atoms with Gasteiger partial charge in [0.25, 0.3) is 0 Å². The number of aliphatic imine (C=N–C) groups is 1. The van der Waals surface area contributed by atoms with Crippen molar-refractivity contribution in [1.29, 1.82) is 0 Å². The minimum atomic E-state index is 0.206. The Morgan fingerprint density at radius 2 is 1.77 bits per heavy atom.